The molecule has 3 aromatic rings. The number of hydrogen-bond acceptors (Lipinski definition) is 4. The van der Waals surface area contributed by atoms with E-state index in [2.05, 4.69) is 68.1 Å². The summed E-state index contributed by atoms with van der Waals surface area (Å²) in [5.41, 5.74) is 3.36. The number of thiophene rings is 1. The molecule has 2 heterocycles. The molecule has 1 N–H and O–H groups in total. The number of nitrogens with zero attached hydrogens (tertiary/aromatic N) is 1. The van der Waals surface area contributed by atoms with Crippen LogP contribution in [0, 0.1) is 13.8 Å². The molecule has 0 aliphatic rings. The smallest absolute Gasteiger partial charge is 0.267 e. The van der Waals surface area contributed by atoms with Gasteiger partial charge in [-0.2, -0.15) is 0 Å². The van der Waals surface area contributed by atoms with Crippen molar-refractivity contribution in [3.8, 4) is 0 Å². The van der Waals surface area contributed by atoms with Gasteiger partial charge in [-0.05, 0) is 75.0 Å². The minimum Gasteiger partial charge on any atom is -0.297 e. The number of thiazole rings is 1. The van der Waals surface area contributed by atoms with Crippen LogP contribution >= 0.6 is 54.5 Å². The first kappa shape index (κ1) is 15.1. The summed E-state index contributed by atoms with van der Waals surface area (Å²) in [5.74, 6) is -0.140. The summed E-state index contributed by atoms with van der Waals surface area (Å²) >= 11 is 9.66. The number of anilines is 1. The third-order valence-electron chi connectivity index (χ3n) is 3.09. The Balaban J connectivity index is 1.89. The highest BCUT2D eigenvalue weighted by Gasteiger charge is 2.14. The summed E-state index contributed by atoms with van der Waals surface area (Å²) in [6.45, 7) is 4.14. The maximum absolute atomic E-state index is 12.2. The van der Waals surface area contributed by atoms with E-state index in [0.717, 1.165) is 18.5 Å². The standard InChI is InChI=1S/C14H10Br2N2OS2/c1-6-3-9-10(4-7(6)2)21-14(17-9)18-13(19)11-5-8(15)12(16)20-11/h3-5H,1-2H3,(H,17,18,19). The number of carbonyl (C=O) groups excluding carboxylic acids is 1. The molecule has 1 aromatic carbocycles. The van der Waals surface area contributed by atoms with Crippen LogP contribution in [0.5, 0.6) is 0 Å². The Morgan fingerprint density at radius 3 is 2.52 bits per heavy atom. The highest BCUT2D eigenvalue weighted by atomic mass is 79.9. The van der Waals surface area contributed by atoms with Gasteiger partial charge in [-0.1, -0.05) is 11.3 Å². The van der Waals surface area contributed by atoms with Crippen LogP contribution in [0.2, 0.25) is 0 Å². The van der Waals surface area contributed by atoms with E-state index in [-0.39, 0.29) is 5.91 Å². The van der Waals surface area contributed by atoms with E-state index in [1.54, 1.807) is 6.07 Å². The van der Waals surface area contributed by atoms with Crippen molar-refractivity contribution >= 4 is 75.8 Å². The molecular weight excluding hydrogens is 436 g/mol. The molecule has 1 amide bonds. The number of aryl methyl sites for hydroxylation is 2. The number of fused-ring (bicyclic) bond motifs is 1. The van der Waals surface area contributed by atoms with Crippen LogP contribution in [0.3, 0.4) is 0 Å². The average molecular weight is 446 g/mol. The first-order valence-corrected chi connectivity index (χ1v) is 9.30. The van der Waals surface area contributed by atoms with Crippen molar-refractivity contribution in [3.63, 3.8) is 0 Å². The first-order valence-electron chi connectivity index (χ1n) is 6.08. The normalized spacial score (nSPS) is 11.0. The van der Waals surface area contributed by atoms with Crippen molar-refractivity contribution in [2.75, 3.05) is 5.32 Å². The predicted molar refractivity (Wildman–Crippen MR) is 96.8 cm³/mol. The molecule has 108 valence electrons. The molecule has 0 bridgehead atoms. The van der Waals surface area contributed by atoms with Gasteiger partial charge < -0.3 is 0 Å². The van der Waals surface area contributed by atoms with Gasteiger partial charge in [0.05, 0.1) is 18.9 Å². The highest BCUT2D eigenvalue weighted by Crippen LogP contribution is 2.33. The molecule has 7 heteroatoms. The SMILES string of the molecule is Cc1cc2nc(NC(=O)c3cc(Br)c(Br)s3)sc2cc1C. The highest BCUT2D eigenvalue weighted by molar-refractivity contribution is 9.13. The first-order chi connectivity index (χ1) is 9.94. The second-order valence-electron chi connectivity index (χ2n) is 4.61. The van der Waals surface area contributed by atoms with Gasteiger partial charge in [-0.3, -0.25) is 10.1 Å². The number of amides is 1. The van der Waals surface area contributed by atoms with Crippen LogP contribution in [0.1, 0.15) is 20.8 Å². The molecule has 21 heavy (non-hydrogen) atoms. The molecule has 0 aliphatic carbocycles. The van der Waals surface area contributed by atoms with Gasteiger partial charge in [0.1, 0.15) is 0 Å². The zero-order valence-electron chi connectivity index (χ0n) is 11.2. The summed E-state index contributed by atoms with van der Waals surface area (Å²) in [6, 6.07) is 5.96. The molecule has 3 rings (SSSR count). The van der Waals surface area contributed by atoms with E-state index in [1.165, 1.54) is 33.8 Å². The molecule has 3 nitrogen and oxygen atoms in total. The van der Waals surface area contributed by atoms with Crippen molar-refractivity contribution in [1.82, 2.24) is 4.98 Å². The molecule has 0 fully saturated rings. The fraction of sp³-hybridized carbons (Fsp3) is 0.143. The molecule has 2 aromatic heterocycles. The Bertz CT molecular complexity index is 796. The van der Waals surface area contributed by atoms with Crippen molar-refractivity contribution in [2.24, 2.45) is 0 Å². The van der Waals surface area contributed by atoms with Crippen LogP contribution in [0.25, 0.3) is 10.2 Å². The third kappa shape index (κ3) is 3.06. The van der Waals surface area contributed by atoms with Crippen LogP contribution in [0.15, 0.2) is 26.5 Å². The quantitative estimate of drug-likeness (QED) is 0.545. The Morgan fingerprint density at radius 1 is 1.14 bits per heavy atom. The fourth-order valence-corrected chi connectivity index (χ4v) is 4.72. The Hall–Kier alpha value is -0.760. The Labute approximate surface area is 146 Å². The van der Waals surface area contributed by atoms with Gasteiger partial charge >= 0.3 is 0 Å². The van der Waals surface area contributed by atoms with Gasteiger partial charge in [0.15, 0.2) is 5.13 Å². The summed E-state index contributed by atoms with van der Waals surface area (Å²) in [7, 11) is 0. The minimum atomic E-state index is -0.140. The second-order valence-corrected chi connectivity index (χ2v) is 8.86. The van der Waals surface area contributed by atoms with Gasteiger partial charge in [0, 0.05) is 4.47 Å². The molecule has 0 saturated carbocycles. The van der Waals surface area contributed by atoms with Gasteiger partial charge in [0.25, 0.3) is 5.91 Å². The lowest BCUT2D eigenvalue weighted by Crippen LogP contribution is -2.09. The van der Waals surface area contributed by atoms with E-state index in [4.69, 9.17) is 0 Å². The van der Waals surface area contributed by atoms with E-state index >= 15 is 0 Å². The number of hydrogen-bond donors (Lipinski definition) is 1. The number of nitrogens with one attached hydrogen (secondary N) is 1. The molecule has 0 spiro atoms. The van der Waals surface area contributed by atoms with Crippen LogP contribution in [-0.4, -0.2) is 10.9 Å². The molecular formula is C14H10Br2N2OS2. The van der Waals surface area contributed by atoms with E-state index in [0.29, 0.717) is 10.0 Å². The summed E-state index contributed by atoms with van der Waals surface area (Å²) in [6.07, 6.45) is 0. The number of carbonyl (C=O) groups is 1. The topological polar surface area (TPSA) is 42.0 Å². The zero-order valence-corrected chi connectivity index (χ0v) is 16.0. The largest absolute Gasteiger partial charge is 0.297 e. The lowest BCUT2D eigenvalue weighted by molar-refractivity contribution is 0.103. The lowest BCUT2D eigenvalue weighted by atomic mass is 10.1. The van der Waals surface area contributed by atoms with Gasteiger partial charge in [-0.15, -0.1) is 11.3 Å². The monoisotopic (exact) mass is 444 g/mol. The van der Waals surface area contributed by atoms with Crippen LogP contribution in [0.4, 0.5) is 5.13 Å². The second kappa shape index (κ2) is 5.79. The molecule has 0 unspecified atom stereocenters. The molecule has 0 aliphatic heterocycles. The number of aromatic nitrogens is 1. The summed E-state index contributed by atoms with van der Waals surface area (Å²) in [5, 5.41) is 3.49. The van der Waals surface area contributed by atoms with E-state index < -0.39 is 0 Å². The van der Waals surface area contributed by atoms with Crippen molar-refractivity contribution in [1.29, 1.82) is 0 Å². The molecule has 0 atom stereocenters. The molecule has 0 radical (unpaired) electrons. The zero-order chi connectivity index (χ0) is 15.1. The third-order valence-corrected chi connectivity index (χ3v) is 7.28. The predicted octanol–water partition coefficient (Wildman–Crippen LogP) is 5.75. The summed E-state index contributed by atoms with van der Waals surface area (Å²) < 4.78 is 2.87. The van der Waals surface area contributed by atoms with Crippen molar-refractivity contribution in [3.05, 3.63) is 42.5 Å². The maximum Gasteiger partial charge on any atom is 0.267 e. The van der Waals surface area contributed by atoms with Crippen molar-refractivity contribution in [2.45, 2.75) is 13.8 Å². The van der Waals surface area contributed by atoms with E-state index in [1.807, 2.05) is 0 Å². The van der Waals surface area contributed by atoms with Gasteiger partial charge in [-0.25, -0.2) is 4.98 Å². The average Bonchev–Trinajstić information content (AvgIpc) is 2.94. The van der Waals surface area contributed by atoms with Crippen LogP contribution < -0.4 is 5.32 Å². The van der Waals surface area contributed by atoms with Gasteiger partial charge in [0.2, 0.25) is 0 Å². The molecule has 0 saturated heterocycles. The summed E-state index contributed by atoms with van der Waals surface area (Å²) in [4.78, 5) is 17.3. The number of halogens is 2. The van der Waals surface area contributed by atoms with E-state index in [9.17, 15) is 4.79 Å². The Kier molecular flexibility index (Phi) is 4.18. The Morgan fingerprint density at radius 2 is 1.86 bits per heavy atom. The lowest BCUT2D eigenvalue weighted by Gasteiger charge is -1.97. The number of benzene rings is 1. The maximum atomic E-state index is 12.2. The fourth-order valence-electron chi connectivity index (χ4n) is 1.85. The van der Waals surface area contributed by atoms with Crippen molar-refractivity contribution < 1.29 is 4.79 Å². The minimum absolute atomic E-state index is 0.140. The number of rotatable bonds is 2. The van der Waals surface area contributed by atoms with Crippen LogP contribution in [-0.2, 0) is 0 Å².